The molecule has 0 atom stereocenters. The van der Waals surface area contributed by atoms with E-state index in [2.05, 4.69) is 15.1 Å². The van der Waals surface area contributed by atoms with Crippen LogP contribution < -0.4 is 10.5 Å². The van der Waals surface area contributed by atoms with Gasteiger partial charge in [-0.3, -0.25) is 0 Å². The molecule has 34 heavy (non-hydrogen) atoms. The van der Waals surface area contributed by atoms with Crippen molar-refractivity contribution < 1.29 is 14.6 Å². The van der Waals surface area contributed by atoms with Crippen LogP contribution in [0, 0.1) is 0 Å². The van der Waals surface area contributed by atoms with Crippen LogP contribution in [-0.4, -0.2) is 62.8 Å². The molecule has 0 aliphatic rings. The zero-order chi connectivity index (χ0) is 24.3. The molecule has 4 rings (SSSR count). The Morgan fingerprint density at radius 2 is 1.71 bits per heavy atom. The Morgan fingerprint density at radius 3 is 2.29 bits per heavy atom. The topological polar surface area (TPSA) is 111 Å². The Morgan fingerprint density at radius 1 is 1.03 bits per heavy atom. The normalized spacial score (nSPS) is 10.6. The molecule has 0 saturated heterocycles. The third-order valence-corrected chi connectivity index (χ3v) is 4.78. The fourth-order valence-corrected chi connectivity index (χ4v) is 3.13. The zero-order valence-electron chi connectivity index (χ0n) is 19.4. The summed E-state index contributed by atoms with van der Waals surface area (Å²) < 4.78 is 8.75. The minimum Gasteiger partial charge on any atom is -0.477 e. The summed E-state index contributed by atoms with van der Waals surface area (Å²) in [5, 5.41) is 17.6. The Kier molecular flexibility index (Phi) is 8.81. The van der Waals surface area contributed by atoms with E-state index >= 15 is 0 Å². The molecule has 3 N–H and O–H groups in total. The van der Waals surface area contributed by atoms with E-state index in [1.807, 2.05) is 81.0 Å². The number of anilines is 1. The fourth-order valence-electron chi connectivity index (χ4n) is 3.13. The molecular formula is C25H30N6O3. The maximum absolute atomic E-state index is 11.3. The lowest BCUT2D eigenvalue weighted by molar-refractivity contribution is 0.0684. The average molecular weight is 463 g/mol. The smallest absolute Gasteiger partial charge is 0.354 e. The van der Waals surface area contributed by atoms with Gasteiger partial charge in [0.15, 0.2) is 5.69 Å². The van der Waals surface area contributed by atoms with Gasteiger partial charge in [0.2, 0.25) is 5.88 Å². The van der Waals surface area contributed by atoms with Crippen molar-refractivity contribution in [2.75, 3.05) is 33.0 Å². The summed E-state index contributed by atoms with van der Waals surface area (Å²) in [4.78, 5) is 13.4. The molecule has 0 aliphatic carbocycles. The summed E-state index contributed by atoms with van der Waals surface area (Å²) in [6, 6.07) is 22.7. The Hall–Kier alpha value is -4.11. The molecule has 2 aromatic carbocycles. The van der Waals surface area contributed by atoms with Crippen molar-refractivity contribution >= 4 is 11.8 Å². The summed E-state index contributed by atoms with van der Waals surface area (Å²) in [5.41, 5.74) is 7.63. The van der Waals surface area contributed by atoms with Crippen molar-refractivity contribution in [2.24, 2.45) is 0 Å². The van der Waals surface area contributed by atoms with Crippen molar-refractivity contribution in [1.82, 2.24) is 24.5 Å². The van der Waals surface area contributed by atoms with Crippen molar-refractivity contribution in [3.63, 3.8) is 0 Å². The van der Waals surface area contributed by atoms with Crippen molar-refractivity contribution in [3.05, 3.63) is 90.3 Å². The van der Waals surface area contributed by atoms with Crippen LogP contribution in [0.25, 0.3) is 5.69 Å². The van der Waals surface area contributed by atoms with Gasteiger partial charge in [0.1, 0.15) is 5.82 Å². The zero-order valence-corrected chi connectivity index (χ0v) is 19.4. The Balaban J connectivity index is 0.000000226. The second-order valence-electron chi connectivity index (χ2n) is 7.84. The van der Waals surface area contributed by atoms with E-state index in [9.17, 15) is 9.90 Å². The highest BCUT2D eigenvalue weighted by molar-refractivity contribution is 5.86. The summed E-state index contributed by atoms with van der Waals surface area (Å²) in [7, 11) is 3.99. The number of para-hydroxylation sites is 1. The first-order chi connectivity index (χ1) is 16.4. The van der Waals surface area contributed by atoms with Gasteiger partial charge < -0.3 is 20.5 Å². The highest BCUT2D eigenvalue weighted by atomic mass is 16.5. The first-order valence-corrected chi connectivity index (χ1v) is 10.9. The van der Waals surface area contributed by atoms with Crippen LogP contribution in [0.1, 0.15) is 22.5 Å². The first kappa shape index (κ1) is 24.5. The van der Waals surface area contributed by atoms with Crippen LogP contribution in [0.15, 0.2) is 79.0 Å². The number of nitrogen functional groups attached to an aromatic ring is 1. The van der Waals surface area contributed by atoms with Crippen LogP contribution in [-0.2, 0) is 6.54 Å². The molecule has 0 unspecified atom stereocenters. The molecule has 0 amide bonds. The highest BCUT2D eigenvalue weighted by Gasteiger charge is 2.15. The number of nitrogens with two attached hydrogens (primary N) is 1. The van der Waals surface area contributed by atoms with E-state index in [1.165, 1.54) is 10.7 Å². The monoisotopic (exact) mass is 462 g/mol. The second-order valence-corrected chi connectivity index (χ2v) is 7.84. The lowest BCUT2D eigenvalue weighted by atomic mass is 10.2. The molecule has 0 spiro atoms. The number of hydrogen-bond acceptors (Lipinski definition) is 6. The van der Waals surface area contributed by atoms with Gasteiger partial charge in [0, 0.05) is 24.9 Å². The van der Waals surface area contributed by atoms with Crippen LogP contribution in [0.2, 0.25) is 0 Å². The molecule has 0 bridgehead atoms. The largest absolute Gasteiger partial charge is 0.477 e. The molecule has 178 valence electrons. The molecule has 0 fully saturated rings. The molecule has 0 aliphatic heterocycles. The highest BCUT2D eigenvalue weighted by Crippen LogP contribution is 2.14. The number of nitrogens with zero attached hydrogens (tertiary/aromatic N) is 5. The quantitative estimate of drug-likeness (QED) is 0.367. The minimum absolute atomic E-state index is 0.131. The predicted molar refractivity (Wildman–Crippen MR) is 131 cm³/mol. The Labute approximate surface area is 199 Å². The van der Waals surface area contributed by atoms with Crippen LogP contribution in [0.3, 0.4) is 0 Å². The van der Waals surface area contributed by atoms with Gasteiger partial charge >= 0.3 is 5.97 Å². The predicted octanol–water partition coefficient (Wildman–Crippen LogP) is 3.41. The van der Waals surface area contributed by atoms with E-state index in [4.69, 9.17) is 10.5 Å². The van der Waals surface area contributed by atoms with Crippen molar-refractivity contribution in [3.8, 4) is 11.6 Å². The van der Waals surface area contributed by atoms with Crippen molar-refractivity contribution in [2.45, 2.75) is 13.0 Å². The minimum atomic E-state index is -1.01. The summed E-state index contributed by atoms with van der Waals surface area (Å²) in [5.74, 6) is -0.113. The van der Waals surface area contributed by atoms with Gasteiger partial charge in [-0.2, -0.15) is 5.10 Å². The molecule has 2 aromatic heterocycles. The SMILES string of the molecule is CN(C)CCCOc1cc(C(=O)O)n(Cc2ccccc2)n1.Nc1ccn(-c2ccccc2)n1. The van der Waals surface area contributed by atoms with Crippen LogP contribution in [0.5, 0.6) is 5.88 Å². The summed E-state index contributed by atoms with van der Waals surface area (Å²) in [6.07, 6.45) is 2.70. The van der Waals surface area contributed by atoms with Gasteiger partial charge in [-0.15, -0.1) is 5.10 Å². The summed E-state index contributed by atoms with van der Waals surface area (Å²) in [6.45, 7) is 1.83. The molecular weight excluding hydrogens is 432 g/mol. The first-order valence-electron chi connectivity index (χ1n) is 10.9. The molecule has 9 heteroatoms. The van der Waals surface area contributed by atoms with Gasteiger partial charge in [-0.05, 0) is 38.2 Å². The molecule has 2 heterocycles. The van der Waals surface area contributed by atoms with E-state index < -0.39 is 5.97 Å². The van der Waals surface area contributed by atoms with Crippen LogP contribution in [0.4, 0.5) is 5.82 Å². The van der Waals surface area contributed by atoms with Gasteiger partial charge in [-0.25, -0.2) is 14.2 Å². The van der Waals surface area contributed by atoms with E-state index in [0.717, 1.165) is 24.2 Å². The number of carboxylic acid groups (broad SMARTS) is 1. The number of rotatable bonds is 9. The summed E-state index contributed by atoms with van der Waals surface area (Å²) >= 11 is 0. The number of carboxylic acids is 1. The third-order valence-electron chi connectivity index (χ3n) is 4.78. The van der Waals surface area contributed by atoms with Gasteiger partial charge in [0.25, 0.3) is 0 Å². The molecule has 0 radical (unpaired) electrons. The number of aromatic carboxylic acids is 1. The number of ether oxygens (including phenoxy) is 1. The van der Waals surface area contributed by atoms with Crippen molar-refractivity contribution in [1.29, 1.82) is 0 Å². The van der Waals surface area contributed by atoms with Gasteiger partial charge in [-0.1, -0.05) is 48.5 Å². The average Bonchev–Trinajstić information content (AvgIpc) is 3.45. The maximum atomic E-state index is 11.3. The van der Waals surface area contributed by atoms with Gasteiger partial charge in [0.05, 0.1) is 18.8 Å². The van der Waals surface area contributed by atoms with E-state index in [-0.39, 0.29) is 5.69 Å². The lowest BCUT2D eigenvalue weighted by Gasteiger charge is -2.08. The number of benzene rings is 2. The standard InChI is InChI=1S/C16H21N3O3.C9H9N3/c1-18(2)9-6-10-22-15-11-14(16(20)21)19(17-15)12-13-7-4-3-5-8-13;10-9-6-7-12(11-9)8-4-2-1-3-5-8/h3-5,7-8,11H,6,9-10,12H2,1-2H3,(H,20,21);1-7H,(H2,10,11). The number of aromatic nitrogens is 4. The molecule has 4 aromatic rings. The van der Waals surface area contributed by atoms with E-state index in [1.54, 1.807) is 10.7 Å². The third kappa shape index (κ3) is 7.49. The fraction of sp³-hybridized carbons (Fsp3) is 0.240. The van der Waals surface area contributed by atoms with Crippen LogP contribution >= 0.6 is 0 Å². The van der Waals surface area contributed by atoms with E-state index in [0.29, 0.717) is 24.8 Å². The molecule has 0 saturated carbocycles. The Bertz CT molecular complexity index is 1160. The number of carbonyl (C=O) groups is 1. The maximum Gasteiger partial charge on any atom is 0.354 e. The number of hydrogen-bond donors (Lipinski definition) is 2. The second kappa shape index (κ2) is 12.2. The lowest BCUT2D eigenvalue weighted by Crippen LogP contribution is -2.15. The molecule has 9 nitrogen and oxygen atoms in total.